The lowest BCUT2D eigenvalue weighted by molar-refractivity contribution is 0.0907. The number of rotatable bonds is 5. The first-order valence-corrected chi connectivity index (χ1v) is 7.42. The molecule has 124 valence electrons. The number of ether oxygens (including phenoxy) is 2. The lowest BCUT2D eigenvalue weighted by Gasteiger charge is -2.31. The smallest absolute Gasteiger partial charge is 0.251 e. The Morgan fingerprint density at radius 2 is 1.91 bits per heavy atom. The van der Waals surface area contributed by atoms with Crippen molar-refractivity contribution in [1.82, 2.24) is 5.32 Å². The molecule has 1 aromatic rings. The monoisotopic (exact) mass is 328 g/mol. The van der Waals surface area contributed by atoms with Gasteiger partial charge < -0.3 is 20.5 Å². The predicted octanol–water partition coefficient (Wildman–Crippen LogP) is 2.37. The lowest BCUT2D eigenvalue weighted by Crippen LogP contribution is -2.44. The van der Waals surface area contributed by atoms with Crippen LogP contribution in [-0.4, -0.2) is 32.7 Å². The van der Waals surface area contributed by atoms with Crippen molar-refractivity contribution in [3.8, 4) is 11.5 Å². The van der Waals surface area contributed by atoms with Gasteiger partial charge in [-0.05, 0) is 43.5 Å². The van der Waals surface area contributed by atoms with Gasteiger partial charge in [0.25, 0.3) is 5.91 Å². The highest BCUT2D eigenvalue weighted by atomic mass is 35.5. The van der Waals surface area contributed by atoms with Crippen molar-refractivity contribution in [1.29, 1.82) is 0 Å². The number of nitrogens with two attached hydrogens (primary N) is 1. The fourth-order valence-corrected chi connectivity index (χ4v) is 2.91. The van der Waals surface area contributed by atoms with Crippen LogP contribution in [0.1, 0.15) is 36.0 Å². The van der Waals surface area contributed by atoms with Crippen LogP contribution < -0.4 is 20.5 Å². The van der Waals surface area contributed by atoms with Crippen LogP contribution in [0.3, 0.4) is 0 Å². The predicted molar refractivity (Wildman–Crippen MR) is 89.1 cm³/mol. The van der Waals surface area contributed by atoms with Gasteiger partial charge in [-0.1, -0.05) is 12.8 Å². The summed E-state index contributed by atoms with van der Waals surface area (Å²) in [5.74, 6) is 1.47. The minimum Gasteiger partial charge on any atom is -0.493 e. The number of carbonyl (C=O) groups is 1. The van der Waals surface area contributed by atoms with Crippen LogP contribution in [0.15, 0.2) is 18.2 Å². The second-order valence-electron chi connectivity index (χ2n) is 5.43. The van der Waals surface area contributed by atoms with E-state index < -0.39 is 0 Å². The number of methoxy groups -OCH3 is 2. The van der Waals surface area contributed by atoms with E-state index in [9.17, 15) is 4.79 Å². The zero-order valence-corrected chi connectivity index (χ0v) is 13.9. The molecule has 0 radical (unpaired) electrons. The van der Waals surface area contributed by atoms with Crippen LogP contribution in [0.4, 0.5) is 0 Å². The third-order valence-electron chi connectivity index (χ3n) is 4.17. The largest absolute Gasteiger partial charge is 0.493 e. The molecule has 0 heterocycles. The highest BCUT2D eigenvalue weighted by molar-refractivity contribution is 5.95. The van der Waals surface area contributed by atoms with Gasteiger partial charge in [-0.25, -0.2) is 0 Å². The molecule has 1 amide bonds. The Labute approximate surface area is 138 Å². The highest BCUT2D eigenvalue weighted by Gasteiger charge is 2.25. The topological polar surface area (TPSA) is 73.6 Å². The zero-order chi connectivity index (χ0) is 15.2. The summed E-state index contributed by atoms with van der Waals surface area (Å²) in [6, 6.07) is 5.37. The maximum absolute atomic E-state index is 12.4. The fraction of sp³-hybridized carbons (Fsp3) is 0.562. The molecule has 22 heavy (non-hydrogen) atoms. The molecule has 2 rings (SSSR count). The minimum atomic E-state index is -0.0821. The molecule has 0 bridgehead atoms. The number of halogens is 1. The normalized spacial score (nSPS) is 20.7. The molecule has 1 fully saturated rings. The van der Waals surface area contributed by atoms with Crippen molar-refractivity contribution in [3.63, 3.8) is 0 Å². The molecule has 3 N–H and O–H groups in total. The summed E-state index contributed by atoms with van der Waals surface area (Å²) >= 11 is 0. The number of benzene rings is 1. The molecule has 6 heteroatoms. The van der Waals surface area contributed by atoms with Crippen molar-refractivity contribution in [2.45, 2.75) is 31.7 Å². The van der Waals surface area contributed by atoms with Gasteiger partial charge in [-0.2, -0.15) is 0 Å². The molecule has 0 aliphatic heterocycles. The van der Waals surface area contributed by atoms with E-state index in [-0.39, 0.29) is 24.4 Å². The highest BCUT2D eigenvalue weighted by Crippen LogP contribution is 2.28. The first kappa shape index (κ1) is 18.6. The molecule has 2 atom stereocenters. The SMILES string of the molecule is COc1ccc(C(=O)NC2CCCCC2CN)cc1OC.Cl. The van der Waals surface area contributed by atoms with Crippen molar-refractivity contribution >= 4 is 18.3 Å². The number of amides is 1. The quantitative estimate of drug-likeness (QED) is 0.870. The molecule has 0 spiro atoms. The average Bonchev–Trinajstić information content (AvgIpc) is 2.54. The van der Waals surface area contributed by atoms with E-state index >= 15 is 0 Å². The zero-order valence-electron chi connectivity index (χ0n) is 13.1. The average molecular weight is 329 g/mol. The molecule has 1 aliphatic rings. The maximum Gasteiger partial charge on any atom is 0.251 e. The van der Waals surface area contributed by atoms with Crippen LogP contribution in [-0.2, 0) is 0 Å². The lowest BCUT2D eigenvalue weighted by atomic mass is 9.84. The Morgan fingerprint density at radius 3 is 2.55 bits per heavy atom. The number of hydrogen-bond acceptors (Lipinski definition) is 4. The van der Waals surface area contributed by atoms with Gasteiger partial charge in [-0.15, -0.1) is 12.4 Å². The summed E-state index contributed by atoms with van der Waals surface area (Å²) in [7, 11) is 3.14. The van der Waals surface area contributed by atoms with E-state index in [1.807, 2.05) is 0 Å². The van der Waals surface area contributed by atoms with Crippen molar-refractivity contribution in [3.05, 3.63) is 23.8 Å². The van der Waals surface area contributed by atoms with Crippen LogP contribution in [0.25, 0.3) is 0 Å². The first-order valence-electron chi connectivity index (χ1n) is 7.42. The summed E-state index contributed by atoms with van der Waals surface area (Å²) in [6.07, 6.45) is 4.44. The summed E-state index contributed by atoms with van der Waals surface area (Å²) in [6.45, 7) is 0.622. The Bertz CT molecular complexity index is 496. The maximum atomic E-state index is 12.4. The van der Waals surface area contributed by atoms with E-state index in [0.29, 0.717) is 29.5 Å². The van der Waals surface area contributed by atoms with Gasteiger partial charge >= 0.3 is 0 Å². The third kappa shape index (κ3) is 4.27. The Kier molecular flexibility index (Phi) is 7.48. The molecular formula is C16H25ClN2O3. The van der Waals surface area contributed by atoms with Crippen LogP contribution in [0, 0.1) is 5.92 Å². The number of nitrogens with one attached hydrogen (secondary N) is 1. The standard InChI is InChI=1S/C16H24N2O3.ClH/c1-20-14-8-7-11(9-15(14)21-2)16(19)18-13-6-4-3-5-12(13)10-17;/h7-9,12-13H,3-6,10,17H2,1-2H3,(H,18,19);1H. The van der Waals surface area contributed by atoms with E-state index in [0.717, 1.165) is 19.3 Å². The molecule has 0 saturated heterocycles. The summed E-state index contributed by atoms with van der Waals surface area (Å²) < 4.78 is 10.4. The third-order valence-corrected chi connectivity index (χ3v) is 4.17. The second kappa shape index (κ2) is 8.86. The molecule has 1 aromatic carbocycles. The Balaban J connectivity index is 0.00000242. The van der Waals surface area contributed by atoms with Gasteiger partial charge in [0.15, 0.2) is 11.5 Å². The van der Waals surface area contributed by atoms with E-state index in [4.69, 9.17) is 15.2 Å². The number of carbonyl (C=O) groups excluding carboxylic acids is 1. The van der Waals surface area contributed by atoms with E-state index in [1.165, 1.54) is 6.42 Å². The summed E-state index contributed by atoms with van der Waals surface area (Å²) in [5, 5.41) is 3.11. The van der Waals surface area contributed by atoms with Gasteiger partial charge in [0.05, 0.1) is 14.2 Å². The van der Waals surface area contributed by atoms with Crippen molar-refractivity contribution < 1.29 is 14.3 Å². The number of hydrogen-bond donors (Lipinski definition) is 2. The first-order chi connectivity index (χ1) is 10.2. The van der Waals surface area contributed by atoms with Gasteiger partial charge in [0, 0.05) is 11.6 Å². The molecule has 5 nitrogen and oxygen atoms in total. The summed E-state index contributed by atoms with van der Waals surface area (Å²) in [5.41, 5.74) is 6.38. The molecule has 2 unspecified atom stereocenters. The molecule has 1 saturated carbocycles. The van der Waals surface area contributed by atoms with Gasteiger partial charge in [0.2, 0.25) is 0 Å². The van der Waals surface area contributed by atoms with Gasteiger partial charge in [-0.3, -0.25) is 4.79 Å². The van der Waals surface area contributed by atoms with Crippen molar-refractivity contribution in [2.24, 2.45) is 11.7 Å². The molecule has 1 aliphatic carbocycles. The van der Waals surface area contributed by atoms with Crippen molar-refractivity contribution in [2.75, 3.05) is 20.8 Å². The van der Waals surface area contributed by atoms with E-state index in [2.05, 4.69) is 5.32 Å². The second-order valence-corrected chi connectivity index (χ2v) is 5.43. The molecule has 0 aromatic heterocycles. The van der Waals surface area contributed by atoms with Crippen LogP contribution in [0.2, 0.25) is 0 Å². The van der Waals surface area contributed by atoms with E-state index in [1.54, 1.807) is 32.4 Å². The minimum absolute atomic E-state index is 0. The molecular weight excluding hydrogens is 304 g/mol. The van der Waals surface area contributed by atoms with Crippen LogP contribution >= 0.6 is 12.4 Å². The summed E-state index contributed by atoms with van der Waals surface area (Å²) in [4.78, 5) is 12.4. The van der Waals surface area contributed by atoms with Gasteiger partial charge in [0.1, 0.15) is 0 Å². The Hall–Kier alpha value is -1.46. The Morgan fingerprint density at radius 1 is 1.23 bits per heavy atom. The van der Waals surface area contributed by atoms with Crippen LogP contribution in [0.5, 0.6) is 11.5 Å². The fourth-order valence-electron chi connectivity index (χ4n) is 2.91.